The van der Waals surface area contributed by atoms with Gasteiger partial charge in [0.15, 0.2) is 0 Å². The Morgan fingerprint density at radius 1 is 1.18 bits per heavy atom. The summed E-state index contributed by atoms with van der Waals surface area (Å²) in [5, 5.41) is 19.2. The van der Waals surface area contributed by atoms with Crippen LogP contribution in [-0.2, 0) is 4.79 Å². The van der Waals surface area contributed by atoms with E-state index in [1.54, 1.807) is 13.8 Å². The molecular weight excluding hydrogens is 216 g/mol. The maximum absolute atomic E-state index is 11.5. The molecule has 0 aromatic heterocycles. The minimum Gasteiger partial charge on any atom is -0.481 e. The van der Waals surface area contributed by atoms with Gasteiger partial charge in [0.1, 0.15) is 0 Å². The Labute approximate surface area is 104 Å². The summed E-state index contributed by atoms with van der Waals surface area (Å²) in [5.74, 6) is -0.683. The summed E-state index contributed by atoms with van der Waals surface area (Å²) in [6.07, 6.45) is 4.55. The summed E-state index contributed by atoms with van der Waals surface area (Å²) in [4.78, 5) is 11.5. The molecule has 0 atom stereocenters. The first-order valence-electron chi connectivity index (χ1n) is 6.52. The Bertz CT molecular complexity index is 276. The minimum atomic E-state index is -0.768. The van der Waals surface area contributed by atoms with Crippen molar-refractivity contribution >= 4 is 5.97 Å². The summed E-state index contributed by atoms with van der Waals surface area (Å²) < 4.78 is 0. The van der Waals surface area contributed by atoms with Crippen molar-refractivity contribution in [3.63, 3.8) is 0 Å². The second kappa shape index (κ2) is 4.60. The number of carbonyl (C=O) groups is 1. The second-order valence-electron chi connectivity index (χ2n) is 7.06. The average Bonchev–Trinajstić information content (AvgIpc) is 2.15. The zero-order valence-electron chi connectivity index (χ0n) is 11.5. The van der Waals surface area contributed by atoms with E-state index in [1.165, 1.54) is 0 Å². The highest BCUT2D eigenvalue weighted by Gasteiger charge is 2.44. The Balaban J connectivity index is 2.69. The number of carboxylic acids is 1. The molecule has 1 aliphatic rings. The van der Waals surface area contributed by atoms with E-state index in [0.717, 1.165) is 25.7 Å². The average molecular weight is 242 g/mol. The Hall–Kier alpha value is -0.570. The Kier molecular flexibility index (Phi) is 3.92. The lowest BCUT2D eigenvalue weighted by Gasteiger charge is -2.41. The first-order chi connectivity index (χ1) is 7.56. The van der Waals surface area contributed by atoms with Gasteiger partial charge in [-0.3, -0.25) is 4.79 Å². The van der Waals surface area contributed by atoms with Gasteiger partial charge in [-0.05, 0) is 57.8 Å². The fourth-order valence-corrected chi connectivity index (χ4v) is 2.52. The Morgan fingerprint density at radius 3 is 2.00 bits per heavy atom. The molecule has 3 heteroatoms. The first-order valence-corrected chi connectivity index (χ1v) is 6.52. The van der Waals surface area contributed by atoms with E-state index in [0.29, 0.717) is 12.8 Å². The van der Waals surface area contributed by atoms with Gasteiger partial charge in [-0.1, -0.05) is 13.8 Å². The summed E-state index contributed by atoms with van der Waals surface area (Å²) >= 11 is 0. The highest BCUT2D eigenvalue weighted by atomic mass is 16.4. The van der Waals surface area contributed by atoms with E-state index in [-0.39, 0.29) is 5.41 Å². The third kappa shape index (κ3) is 3.98. The third-order valence-electron chi connectivity index (χ3n) is 4.23. The Morgan fingerprint density at radius 2 is 1.65 bits per heavy atom. The lowest BCUT2D eigenvalue weighted by molar-refractivity contribution is -0.153. The van der Waals surface area contributed by atoms with E-state index >= 15 is 0 Å². The molecule has 0 saturated heterocycles. The molecule has 0 unspecified atom stereocenters. The van der Waals surface area contributed by atoms with E-state index in [2.05, 4.69) is 13.8 Å². The SMILES string of the molecule is CC(C)(O)CCC1(C(=O)O)CCC(C)(C)CC1. The molecule has 17 heavy (non-hydrogen) atoms. The van der Waals surface area contributed by atoms with E-state index in [4.69, 9.17) is 0 Å². The van der Waals surface area contributed by atoms with Gasteiger partial charge in [-0.15, -0.1) is 0 Å². The summed E-state index contributed by atoms with van der Waals surface area (Å²) in [6.45, 7) is 7.90. The van der Waals surface area contributed by atoms with Crippen molar-refractivity contribution in [3.05, 3.63) is 0 Å². The predicted molar refractivity (Wildman–Crippen MR) is 67.8 cm³/mol. The summed E-state index contributed by atoms with van der Waals surface area (Å²) in [5.41, 5.74) is -1.10. The smallest absolute Gasteiger partial charge is 0.309 e. The van der Waals surface area contributed by atoms with Crippen LogP contribution in [0.4, 0.5) is 0 Å². The number of rotatable bonds is 4. The molecule has 0 aromatic carbocycles. The van der Waals surface area contributed by atoms with Gasteiger partial charge >= 0.3 is 5.97 Å². The van der Waals surface area contributed by atoms with Crippen molar-refractivity contribution in [1.82, 2.24) is 0 Å². The first kappa shape index (κ1) is 14.5. The van der Waals surface area contributed by atoms with Crippen LogP contribution in [-0.4, -0.2) is 21.8 Å². The number of aliphatic carboxylic acids is 1. The van der Waals surface area contributed by atoms with Gasteiger partial charge in [0.2, 0.25) is 0 Å². The maximum Gasteiger partial charge on any atom is 0.309 e. The second-order valence-corrected chi connectivity index (χ2v) is 7.06. The van der Waals surface area contributed by atoms with E-state index < -0.39 is 17.0 Å². The van der Waals surface area contributed by atoms with Crippen molar-refractivity contribution in [2.75, 3.05) is 0 Å². The maximum atomic E-state index is 11.5. The monoisotopic (exact) mass is 242 g/mol. The normalized spacial score (nSPS) is 23.4. The third-order valence-corrected chi connectivity index (χ3v) is 4.23. The van der Waals surface area contributed by atoms with Gasteiger partial charge in [-0.25, -0.2) is 0 Å². The number of aliphatic hydroxyl groups is 1. The standard InChI is InChI=1S/C14H26O3/c1-12(2)5-8-14(9-6-12,11(15)16)10-7-13(3,4)17/h17H,5-10H2,1-4H3,(H,15,16). The largest absolute Gasteiger partial charge is 0.481 e. The molecule has 0 spiro atoms. The van der Waals surface area contributed by atoms with Crippen molar-refractivity contribution in [3.8, 4) is 0 Å². The number of hydrogen-bond donors (Lipinski definition) is 2. The van der Waals surface area contributed by atoms with Gasteiger partial charge < -0.3 is 10.2 Å². The van der Waals surface area contributed by atoms with Crippen LogP contribution in [0.1, 0.15) is 66.2 Å². The van der Waals surface area contributed by atoms with Gasteiger partial charge in [-0.2, -0.15) is 0 Å². The van der Waals surface area contributed by atoms with Crippen LogP contribution in [0.3, 0.4) is 0 Å². The molecule has 1 aliphatic carbocycles. The van der Waals surface area contributed by atoms with Gasteiger partial charge in [0.25, 0.3) is 0 Å². The minimum absolute atomic E-state index is 0.272. The summed E-state index contributed by atoms with van der Waals surface area (Å²) in [6, 6.07) is 0. The van der Waals surface area contributed by atoms with Crippen LogP contribution in [0.2, 0.25) is 0 Å². The molecule has 100 valence electrons. The van der Waals surface area contributed by atoms with Crippen LogP contribution in [0.25, 0.3) is 0 Å². The molecule has 0 heterocycles. The molecule has 1 rings (SSSR count). The zero-order chi connectivity index (χ0) is 13.3. The lowest BCUT2D eigenvalue weighted by atomic mass is 9.63. The fraction of sp³-hybridized carbons (Fsp3) is 0.929. The molecule has 0 radical (unpaired) electrons. The predicted octanol–water partition coefficient (Wildman–Crippen LogP) is 3.21. The molecule has 0 aliphatic heterocycles. The van der Waals surface area contributed by atoms with E-state index in [9.17, 15) is 15.0 Å². The molecule has 3 nitrogen and oxygen atoms in total. The zero-order valence-corrected chi connectivity index (χ0v) is 11.5. The topological polar surface area (TPSA) is 57.5 Å². The van der Waals surface area contributed by atoms with Crippen LogP contribution < -0.4 is 0 Å². The molecule has 1 saturated carbocycles. The number of carboxylic acid groups (broad SMARTS) is 1. The molecule has 1 fully saturated rings. The molecule has 0 bridgehead atoms. The van der Waals surface area contributed by atoms with Crippen LogP contribution >= 0.6 is 0 Å². The molecule has 2 N–H and O–H groups in total. The number of hydrogen-bond acceptors (Lipinski definition) is 2. The fourth-order valence-electron chi connectivity index (χ4n) is 2.52. The lowest BCUT2D eigenvalue weighted by Crippen LogP contribution is -2.39. The molecule has 0 amide bonds. The van der Waals surface area contributed by atoms with Gasteiger partial charge in [0, 0.05) is 0 Å². The van der Waals surface area contributed by atoms with Gasteiger partial charge in [0.05, 0.1) is 11.0 Å². The van der Waals surface area contributed by atoms with Crippen molar-refractivity contribution in [2.45, 2.75) is 71.8 Å². The van der Waals surface area contributed by atoms with E-state index in [1.807, 2.05) is 0 Å². The van der Waals surface area contributed by atoms with Crippen molar-refractivity contribution in [2.24, 2.45) is 10.8 Å². The van der Waals surface area contributed by atoms with Crippen molar-refractivity contribution < 1.29 is 15.0 Å². The highest BCUT2D eigenvalue weighted by Crippen LogP contribution is 2.48. The van der Waals surface area contributed by atoms with Crippen molar-refractivity contribution in [1.29, 1.82) is 0 Å². The quantitative estimate of drug-likeness (QED) is 0.796. The van der Waals surface area contributed by atoms with Crippen LogP contribution in [0, 0.1) is 10.8 Å². The van der Waals surface area contributed by atoms with Crippen LogP contribution in [0.5, 0.6) is 0 Å². The summed E-state index contributed by atoms with van der Waals surface area (Å²) in [7, 11) is 0. The highest BCUT2D eigenvalue weighted by molar-refractivity contribution is 5.74. The molecular formula is C14H26O3. The molecule has 0 aromatic rings. The van der Waals surface area contributed by atoms with Crippen LogP contribution in [0.15, 0.2) is 0 Å².